The third-order valence-electron chi connectivity index (χ3n) is 3.45. The summed E-state index contributed by atoms with van der Waals surface area (Å²) in [7, 11) is 0. The Kier molecular flexibility index (Phi) is 4.81. The maximum absolute atomic E-state index is 11.9. The average Bonchev–Trinajstić information content (AvgIpc) is 2.99. The van der Waals surface area contributed by atoms with Crippen molar-refractivity contribution in [3.63, 3.8) is 0 Å². The lowest BCUT2D eigenvalue weighted by Gasteiger charge is -2.13. The number of fused-ring (bicyclic) bond motifs is 1. The summed E-state index contributed by atoms with van der Waals surface area (Å²) in [6.45, 7) is 0.122. The SMILES string of the molecule is O=C(NC[C@@H](O)c1csc2ccccc12)Nc1ccccc1Cl. The molecule has 0 radical (unpaired) electrons. The molecule has 3 N–H and O–H groups in total. The molecule has 23 heavy (non-hydrogen) atoms. The fraction of sp³-hybridized carbons (Fsp3) is 0.118. The van der Waals surface area contributed by atoms with Gasteiger partial charge in [0.05, 0.1) is 16.8 Å². The first-order valence-electron chi connectivity index (χ1n) is 7.08. The largest absolute Gasteiger partial charge is 0.387 e. The van der Waals surface area contributed by atoms with Crippen LogP contribution in [-0.4, -0.2) is 17.7 Å². The third kappa shape index (κ3) is 3.64. The van der Waals surface area contributed by atoms with Crippen LogP contribution in [0.2, 0.25) is 5.02 Å². The number of rotatable bonds is 4. The summed E-state index contributed by atoms with van der Waals surface area (Å²) in [6, 6.07) is 14.4. The van der Waals surface area contributed by atoms with Crippen LogP contribution < -0.4 is 10.6 Å². The van der Waals surface area contributed by atoms with Gasteiger partial charge in [-0.15, -0.1) is 11.3 Å². The topological polar surface area (TPSA) is 61.4 Å². The fourth-order valence-corrected chi connectivity index (χ4v) is 3.48. The van der Waals surface area contributed by atoms with E-state index in [0.29, 0.717) is 10.7 Å². The number of carbonyl (C=O) groups excluding carboxylic acids is 1. The van der Waals surface area contributed by atoms with Crippen molar-refractivity contribution in [1.29, 1.82) is 0 Å². The summed E-state index contributed by atoms with van der Waals surface area (Å²) in [4.78, 5) is 11.9. The van der Waals surface area contributed by atoms with Gasteiger partial charge in [0.1, 0.15) is 0 Å². The molecule has 3 aromatic rings. The van der Waals surface area contributed by atoms with Crippen LogP contribution in [-0.2, 0) is 0 Å². The highest BCUT2D eigenvalue weighted by Crippen LogP contribution is 2.29. The van der Waals surface area contributed by atoms with Crippen molar-refractivity contribution in [2.45, 2.75) is 6.10 Å². The molecule has 0 unspecified atom stereocenters. The van der Waals surface area contributed by atoms with E-state index in [1.165, 1.54) is 0 Å². The molecule has 0 saturated heterocycles. The first-order valence-corrected chi connectivity index (χ1v) is 8.34. The molecule has 0 bridgehead atoms. The Morgan fingerprint density at radius 3 is 2.74 bits per heavy atom. The number of thiophene rings is 1. The van der Waals surface area contributed by atoms with E-state index in [0.717, 1.165) is 15.6 Å². The zero-order valence-corrected chi connectivity index (χ0v) is 13.7. The lowest BCUT2D eigenvalue weighted by atomic mass is 10.1. The molecule has 0 spiro atoms. The molecule has 0 aliphatic rings. The standard InChI is InChI=1S/C17H15ClN2O2S/c18-13-6-2-3-7-14(13)20-17(22)19-9-15(21)12-10-23-16-8-4-1-5-11(12)16/h1-8,10,15,21H,9H2,(H2,19,20,22)/t15-/m1/s1. The number of hydrogen-bond acceptors (Lipinski definition) is 3. The molecule has 0 saturated carbocycles. The number of carbonyl (C=O) groups is 1. The quantitative estimate of drug-likeness (QED) is 0.655. The number of amides is 2. The van der Waals surface area contributed by atoms with Crippen molar-refractivity contribution in [1.82, 2.24) is 5.32 Å². The predicted molar refractivity (Wildman–Crippen MR) is 95.3 cm³/mol. The number of halogens is 1. The molecule has 0 fully saturated rings. The van der Waals surface area contributed by atoms with Crippen LogP contribution in [0, 0.1) is 0 Å². The number of para-hydroxylation sites is 1. The van der Waals surface area contributed by atoms with Crippen molar-refractivity contribution >= 4 is 44.7 Å². The number of hydrogen-bond donors (Lipinski definition) is 3. The first-order chi connectivity index (χ1) is 11.1. The van der Waals surface area contributed by atoms with E-state index in [1.807, 2.05) is 29.6 Å². The van der Waals surface area contributed by atoms with E-state index < -0.39 is 12.1 Å². The van der Waals surface area contributed by atoms with Gasteiger partial charge in [-0.3, -0.25) is 0 Å². The van der Waals surface area contributed by atoms with Crippen LogP contribution in [0.3, 0.4) is 0 Å². The Labute approximate surface area is 142 Å². The molecule has 0 aliphatic carbocycles. The summed E-state index contributed by atoms with van der Waals surface area (Å²) in [6.07, 6.45) is -0.761. The molecule has 2 amide bonds. The van der Waals surface area contributed by atoms with E-state index in [4.69, 9.17) is 11.6 Å². The minimum Gasteiger partial charge on any atom is -0.387 e. The second-order valence-electron chi connectivity index (χ2n) is 5.02. The molecule has 0 aliphatic heterocycles. The number of nitrogens with one attached hydrogen (secondary N) is 2. The van der Waals surface area contributed by atoms with E-state index in [1.54, 1.807) is 35.6 Å². The zero-order valence-electron chi connectivity index (χ0n) is 12.1. The van der Waals surface area contributed by atoms with E-state index in [-0.39, 0.29) is 6.54 Å². The van der Waals surface area contributed by atoms with Crippen molar-refractivity contribution < 1.29 is 9.90 Å². The minimum atomic E-state index is -0.761. The highest BCUT2D eigenvalue weighted by Gasteiger charge is 2.14. The maximum Gasteiger partial charge on any atom is 0.319 e. The van der Waals surface area contributed by atoms with Crippen LogP contribution in [0.5, 0.6) is 0 Å². The van der Waals surface area contributed by atoms with Gasteiger partial charge in [-0.1, -0.05) is 41.9 Å². The van der Waals surface area contributed by atoms with Crippen molar-refractivity contribution in [3.8, 4) is 0 Å². The molecule has 6 heteroatoms. The second-order valence-corrected chi connectivity index (χ2v) is 6.34. The second kappa shape index (κ2) is 7.00. The molecule has 1 atom stereocenters. The highest BCUT2D eigenvalue weighted by molar-refractivity contribution is 7.17. The van der Waals surface area contributed by atoms with Gasteiger partial charge in [0, 0.05) is 16.8 Å². The Bertz CT molecular complexity index is 834. The lowest BCUT2D eigenvalue weighted by Crippen LogP contribution is -2.32. The van der Waals surface area contributed by atoms with Gasteiger partial charge in [-0.05, 0) is 29.0 Å². The highest BCUT2D eigenvalue weighted by atomic mass is 35.5. The van der Waals surface area contributed by atoms with Crippen molar-refractivity contribution in [2.75, 3.05) is 11.9 Å². The lowest BCUT2D eigenvalue weighted by molar-refractivity contribution is 0.177. The van der Waals surface area contributed by atoms with Crippen LogP contribution >= 0.6 is 22.9 Å². The molecular weight excluding hydrogens is 332 g/mol. The molecule has 118 valence electrons. The molecule has 4 nitrogen and oxygen atoms in total. The maximum atomic E-state index is 11.9. The van der Waals surface area contributed by atoms with Crippen LogP contribution in [0.4, 0.5) is 10.5 Å². The van der Waals surface area contributed by atoms with Gasteiger partial charge in [-0.2, -0.15) is 0 Å². The van der Waals surface area contributed by atoms with Crippen molar-refractivity contribution in [3.05, 3.63) is 64.5 Å². The third-order valence-corrected chi connectivity index (χ3v) is 4.76. The van der Waals surface area contributed by atoms with Crippen LogP contribution in [0.1, 0.15) is 11.7 Å². The summed E-state index contributed by atoms with van der Waals surface area (Å²) in [5.74, 6) is 0. The van der Waals surface area contributed by atoms with E-state index in [2.05, 4.69) is 10.6 Å². The number of benzene rings is 2. The zero-order chi connectivity index (χ0) is 16.2. The minimum absolute atomic E-state index is 0.122. The smallest absolute Gasteiger partial charge is 0.319 e. The van der Waals surface area contributed by atoms with Crippen LogP contribution in [0.25, 0.3) is 10.1 Å². The molecule has 3 rings (SSSR count). The fourth-order valence-electron chi connectivity index (χ4n) is 2.28. The molecule has 2 aromatic carbocycles. The number of anilines is 1. The average molecular weight is 347 g/mol. The summed E-state index contributed by atoms with van der Waals surface area (Å²) in [5, 5.41) is 19.0. The molecule has 1 heterocycles. The Balaban J connectivity index is 1.61. The summed E-state index contributed by atoms with van der Waals surface area (Å²) < 4.78 is 1.11. The van der Waals surface area contributed by atoms with E-state index >= 15 is 0 Å². The van der Waals surface area contributed by atoms with Crippen molar-refractivity contribution in [2.24, 2.45) is 0 Å². The van der Waals surface area contributed by atoms with Crippen LogP contribution in [0.15, 0.2) is 53.9 Å². The van der Waals surface area contributed by atoms with Gasteiger partial charge in [0.15, 0.2) is 0 Å². The van der Waals surface area contributed by atoms with Gasteiger partial charge < -0.3 is 15.7 Å². The predicted octanol–water partition coefficient (Wildman–Crippen LogP) is 4.41. The Hall–Kier alpha value is -2.08. The summed E-state index contributed by atoms with van der Waals surface area (Å²) in [5.41, 5.74) is 1.35. The van der Waals surface area contributed by atoms with Gasteiger partial charge in [0.25, 0.3) is 0 Å². The molecular formula is C17H15ClN2O2S. The Morgan fingerprint density at radius 1 is 1.17 bits per heavy atom. The van der Waals surface area contributed by atoms with E-state index in [9.17, 15) is 9.90 Å². The number of aliphatic hydroxyl groups is 1. The normalized spacial score (nSPS) is 12.1. The monoisotopic (exact) mass is 346 g/mol. The number of urea groups is 1. The summed E-state index contributed by atoms with van der Waals surface area (Å²) >= 11 is 7.56. The Morgan fingerprint density at radius 2 is 1.91 bits per heavy atom. The van der Waals surface area contributed by atoms with Gasteiger partial charge in [-0.25, -0.2) is 4.79 Å². The van der Waals surface area contributed by atoms with Gasteiger partial charge >= 0.3 is 6.03 Å². The molecule has 1 aromatic heterocycles. The van der Waals surface area contributed by atoms with Gasteiger partial charge in [0.2, 0.25) is 0 Å². The number of aliphatic hydroxyl groups excluding tert-OH is 1. The first kappa shape index (κ1) is 15.8.